The van der Waals surface area contributed by atoms with Gasteiger partial charge in [0.05, 0.1) is 12.2 Å². The van der Waals surface area contributed by atoms with Gasteiger partial charge in [-0.05, 0) is 38.1 Å². The summed E-state index contributed by atoms with van der Waals surface area (Å²) in [5, 5.41) is 0. The Labute approximate surface area is 61.7 Å². The third kappa shape index (κ3) is 0.789. The van der Waals surface area contributed by atoms with Crippen molar-refractivity contribution < 1.29 is 4.74 Å². The van der Waals surface area contributed by atoms with E-state index in [4.69, 9.17) is 10.5 Å². The quantitative estimate of drug-likeness (QED) is 0.585. The fraction of sp³-hybridized carbons (Fsp3) is 1.00. The minimum Gasteiger partial charge on any atom is -0.375 e. The van der Waals surface area contributed by atoms with Gasteiger partial charge in [-0.1, -0.05) is 0 Å². The van der Waals surface area contributed by atoms with Crippen LogP contribution in [0.5, 0.6) is 0 Å². The first-order valence-corrected chi connectivity index (χ1v) is 4.07. The molecule has 0 aromatic heterocycles. The number of ether oxygens (including phenoxy) is 1. The van der Waals surface area contributed by atoms with Crippen molar-refractivity contribution in [1.82, 2.24) is 0 Å². The van der Waals surface area contributed by atoms with E-state index in [0.717, 1.165) is 25.0 Å². The standard InChI is InChI=1S/C8H15NO/c1-8-2-6(4-9)7(3-8)5-10-8/h6-7H,2-5,9H2,1H3. The Morgan fingerprint density at radius 3 is 2.70 bits per heavy atom. The lowest BCUT2D eigenvalue weighted by Crippen LogP contribution is -2.29. The van der Waals surface area contributed by atoms with Gasteiger partial charge >= 0.3 is 0 Å². The van der Waals surface area contributed by atoms with Gasteiger partial charge in [-0.15, -0.1) is 0 Å². The van der Waals surface area contributed by atoms with Crippen LogP contribution in [0.3, 0.4) is 0 Å². The molecule has 2 aliphatic rings. The second kappa shape index (κ2) is 1.95. The average Bonchev–Trinajstić information content (AvgIpc) is 2.41. The molecule has 0 aromatic carbocycles. The molecule has 1 aliphatic heterocycles. The van der Waals surface area contributed by atoms with E-state index in [1.165, 1.54) is 12.8 Å². The van der Waals surface area contributed by atoms with E-state index in [2.05, 4.69) is 6.92 Å². The second-order valence-electron chi connectivity index (χ2n) is 3.93. The highest BCUT2D eigenvalue weighted by atomic mass is 16.5. The summed E-state index contributed by atoms with van der Waals surface area (Å²) < 4.78 is 5.62. The van der Waals surface area contributed by atoms with E-state index in [1.807, 2.05) is 0 Å². The van der Waals surface area contributed by atoms with Gasteiger partial charge in [0.1, 0.15) is 0 Å². The predicted molar refractivity (Wildman–Crippen MR) is 39.6 cm³/mol. The molecule has 2 fully saturated rings. The molecule has 1 aliphatic carbocycles. The van der Waals surface area contributed by atoms with Gasteiger partial charge in [0.2, 0.25) is 0 Å². The summed E-state index contributed by atoms with van der Waals surface area (Å²) in [4.78, 5) is 0. The van der Waals surface area contributed by atoms with E-state index in [1.54, 1.807) is 0 Å². The molecule has 2 bridgehead atoms. The SMILES string of the molecule is CC12CC(CN)C(CO1)C2. The summed E-state index contributed by atoms with van der Waals surface area (Å²) >= 11 is 0. The van der Waals surface area contributed by atoms with E-state index in [-0.39, 0.29) is 5.60 Å². The van der Waals surface area contributed by atoms with Gasteiger partial charge in [-0.3, -0.25) is 0 Å². The lowest BCUT2D eigenvalue weighted by atomic mass is 9.96. The van der Waals surface area contributed by atoms with Crippen LogP contribution in [0, 0.1) is 11.8 Å². The van der Waals surface area contributed by atoms with Crippen LogP contribution in [0.15, 0.2) is 0 Å². The number of hydrogen-bond acceptors (Lipinski definition) is 2. The first-order valence-electron chi connectivity index (χ1n) is 4.07. The Balaban J connectivity index is 2.10. The molecular formula is C8H15NO. The molecule has 1 heterocycles. The smallest absolute Gasteiger partial charge is 0.0661 e. The highest BCUT2D eigenvalue weighted by Crippen LogP contribution is 2.47. The molecule has 0 amide bonds. The molecule has 2 N–H and O–H groups in total. The molecule has 1 saturated heterocycles. The molecular weight excluding hydrogens is 126 g/mol. The average molecular weight is 141 g/mol. The molecule has 0 radical (unpaired) electrons. The lowest BCUT2D eigenvalue weighted by molar-refractivity contribution is -0.0187. The van der Waals surface area contributed by atoms with Crippen LogP contribution in [0.1, 0.15) is 19.8 Å². The third-order valence-electron chi connectivity index (χ3n) is 3.00. The second-order valence-corrected chi connectivity index (χ2v) is 3.93. The van der Waals surface area contributed by atoms with E-state index >= 15 is 0 Å². The molecule has 3 atom stereocenters. The summed E-state index contributed by atoms with van der Waals surface area (Å²) in [7, 11) is 0. The normalized spacial score (nSPS) is 52.2. The highest BCUT2D eigenvalue weighted by Gasteiger charge is 2.47. The molecule has 2 rings (SSSR count). The van der Waals surface area contributed by atoms with Crippen molar-refractivity contribution in [2.45, 2.75) is 25.4 Å². The van der Waals surface area contributed by atoms with Crippen molar-refractivity contribution in [2.24, 2.45) is 17.6 Å². The maximum atomic E-state index is 5.62. The molecule has 0 aromatic rings. The predicted octanol–water partition coefficient (Wildman–Crippen LogP) is 0.760. The summed E-state index contributed by atoms with van der Waals surface area (Å²) in [6.07, 6.45) is 2.43. The third-order valence-corrected chi connectivity index (χ3v) is 3.00. The van der Waals surface area contributed by atoms with Crippen molar-refractivity contribution >= 4 is 0 Å². The fourth-order valence-electron chi connectivity index (χ4n) is 2.42. The highest BCUT2D eigenvalue weighted by molar-refractivity contribution is 4.98. The van der Waals surface area contributed by atoms with Crippen LogP contribution in [-0.4, -0.2) is 18.8 Å². The van der Waals surface area contributed by atoms with Gasteiger partial charge in [-0.25, -0.2) is 0 Å². The van der Waals surface area contributed by atoms with Crippen molar-refractivity contribution in [3.05, 3.63) is 0 Å². The van der Waals surface area contributed by atoms with Crippen LogP contribution in [-0.2, 0) is 4.74 Å². The van der Waals surface area contributed by atoms with Crippen molar-refractivity contribution in [3.8, 4) is 0 Å². The van der Waals surface area contributed by atoms with Gasteiger partial charge in [0.15, 0.2) is 0 Å². The van der Waals surface area contributed by atoms with Crippen molar-refractivity contribution in [2.75, 3.05) is 13.2 Å². The van der Waals surface area contributed by atoms with E-state index in [0.29, 0.717) is 0 Å². The first kappa shape index (κ1) is 6.62. The maximum Gasteiger partial charge on any atom is 0.0661 e. The molecule has 2 nitrogen and oxygen atoms in total. The summed E-state index contributed by atoms with van der Waals surface area (Å²) in [5.74, 6) is 1.52. The van der Waals surface area contributed by atoms with Crippen LogP contribution in [0.25, 0.3) is 0 Å². The molecule has 0 spiro atoms. The zero-order valence-electron chi connectivity index (χ0n) is 6.47. The van der Waals surface area contributed by atoms with Gasteiger partial charge in [0.25, 0.3) is 0 Å². The summed E-state index contributed by atoms with van der Waals surface area (Å²) in [6, 6.07) is 0. The zero-order valence-corrected chi connectivity index (χ0v) is 6.47. The van der Waals surface area contributed by atoms with Crippen LogP contribution in [0.2, 0.25) is 0 Å². The topological polar surface area (TPSA) is 35.2 Å². The summed E-state index contributed by atoms with van der Waals surface area (Å²) in [5.41, 5.74) is 5.83. The Kier molecular flexibility index (Phi) is 1.29. The Morgan fingerprint density at radius 1 is 1.60 bits per heavy atom. The fourth-order valence-corrected chi connectivity index (χ4v) is 2.42. The number of nitrogens with two attached hydrogens (primary N) is 1. The molecule has 58 valence electrons. The lowest BCUT2D eigenvalue weighted by Gasteiger charge is -2.25. The Hall–Kier alpha value is -0.0800. The van der Waals surface area contributed by atoms with Crippen molar-refractivity contribution in [3.63, 3.8) is 0 Å². The zero-order chi connectivity index (χ0) is 7.19. The Morgan fingerprint density at radius 2 is 2.40 bits per heavy atom. The number of hydrogen-bond donors (Lipinski definition) is 1. The monoisotopic (exact) mass is 141 g/mol. The van der Waals surface area contributed by atoms with Crippen molar-refractivity contribution in [1.29, 1.82) is 0 Å². The van der Waals surface area contributed by atoms with E-state index in [9.17, 15) is 0 Å². The minimum absolute atomic E-state index is 0.203. The van der Waals surface area contributed by atoms with Crippen LogP contribution >= 0.6 is 0 Å². The number of fused-ring (bicyclic) bond motifs is 2. The Bertz CT molecular complexity index is 148. The van der Waals surface area contributed by atoms with Gasteiger partial charge in [-0.2, -0.15) is 0 Å². The largest absolute Gasteiger partial charge is 0.375 e. The molecule has 10 heavy (non-hydrogen) atoms. The minimum atomic E-state index is 0.203. The number of rotatable bonds is 1. The van der Waals surface area contributed by atoms with Crippen LogP contribution < -0.4 is 5.73 Å². The van der Waals surface area contributed by atoms with Gasteiger partial charge < -0.3 is 10.5 Å². The van der Waals surface area contributed by atoms with E-state index < -0.39 is 0 Å². The maximum absolute atomic E-state index is 5.62. The molecule has 1 saturated carbocycles. The molecule has 3 unspecified atom stereocenters. The van der Waals surface area contributed by atoms with Crippen LogP contribution in [0.4, 0.5) is 0 Å². The molecule has 2 heteroatoms. The van der Waals surface area contributed by atoms with Gasteiger partial charge in [0, 0.05) is 0 Å². The summed E-state index contributed by atoms with van der Waals surface area (Å²) in [6.45, 7) is 4.02. The first-order chi connectivity index (χ1) is 4.73.